The maximum absolute atomic E-state index is 13.1. The molecule has 1 aliphatic rings. The van der Waals surface area contributed by atoms with E-state index in [1.807, 2.05) is 60.7 Å². The van der Waals surface area contributed by atoms with Crippen molar-refractivity contribution in [2.24, 2.45) is 0 Å². The van der Waals surface area contributed by atoms with E-state index in [9.17, 15) is 14.4 Å². The maximum atomic E-state index is 13.1. The molecule has 1 fully saturated rings. The lowest BCUT2D eigenvalue weighted by Crippen LogP contribution is -2.45. The van der Waals surface area contributed by atoms with Gasteiger partial charge in [0, 0.05) is 24.4 Å². The van der Waals surface area contributed by atoms with Gasteiger partial charge in [-0.15, -0.1) is 0 Å². The minimum absolute atomic E-state index is 0.103. The first-order valence-corrected chi connectivity index (χ1v) is 11.9. The van der Waals surface area contributed by atoms with Gasteiger partial charge in [0.1, 0.15) is 18.8 Å². The van der Waals surface area contributed by atoms with E-state index in [1.54, 1.807) is 24.3 Å². The van der Waals surface area contributed by atoms with Gasteiger partial charge in [-0.1, -0.05) is 60.7 Å². The second-order valence-electron chi connectivity index (χ2n) is 8.51. The van der Waals surface area contributed by atoms with Gasteiger partial charge < -0.3 is 25.4 Å². The standard InChI is InChI=1S/C28H29N3O5/c32-26(29-22-13-15-23(16-14-22)30-27(33)25-12-7-17-35-25)24(18-20-8-3-1-4-9-20)31-28(34)36-19-21-10-5-2-6-11-21/h1-6,8-11,13-16,24-25H,7,12,17-19H2,(H,29,32)(H,30,33)(H,31,34)/t24-,25-/m1/s1. The molecule has 1 saturated heterocycles. The van der Waals surface area contributed by atoms with Gasteiger partial charge in [0.05, 0.1) is 0 Å². The van der Waals surface area contributed by atoms with Crippen molar-refractivity contribution in [3.05, 3.63) is 96.1 Å². The lowest BCUT2D eigenvalue weighted by atomic mass is 10.1. The molecule has 4 rings (SSSR count). The molecule has 2 atom stereocenters. The van der Waals surface area contributed by atoms with Crippen LogP contribution in [0.5, 0.6) is 0 Å². The number of hydrogen-bond acceptors (Lipinski definition) is 5. The van der Waals surface area contributed by atoms with Crippen molar-refractivity contribution in [1.82, 2.24) is 5.32 Å². The van der Waals surface area contributed by atoms with Crippen molar-refractivity contribution in [3.8, 4) is 0 Å². The molecule has 1 heterocycles. The van der Waals surface area contributed by atoms with Gasteiger partial charge in [-0.05, 0) is 48.2 Å². The fraction of sp³-hybridized carbons (Fsp3) is 0.250. The average Bonchev–Trinajstić information content (AvgIpc) is 3.45. The zero-order valence-electron chi connectivity index (χ0n) is 19.8. The van der Waals surface area contributed by atoms with Crippen LogP contribution >= 0.6 is 0 Å². The van der Waals surface area contributed by atoms with Crippen LogP contribution in [0.15, 0.2) is 84.9 Å². The number of alkyl carbamates (subject to hydrolysis) is 1. The number of carbonyl (C=O) groups excluding carboxylic acids is 3. The number of ether oxygens (including phenoxy) is 2. The summed E-state index contributed by atoms with van der Waals surface area (Å²) in [6.07, 6.45) is 0.783. The molecular formula is C28H29N3O5. The number of rotatable bonds is 9. The molecule has 1 aliphatic heterocycles. The van der Waals surface area contributed by atoms with E-state index < -0.39 is 18.2 Å². The van der Waals surface area contributed by atoms with E-state index in [2.05, 4.69) is 16.0 Å². The average molecular weight is 488 g/mol. The van der Waals surface area contributed by atoms with E-state index in [-0.39, 0.29) is 18.4 Å². The molecule has 36 heavy (non-hydrogen) atoms. The topological polar surface area (TPSA) is 106 Å². The number of amides is 3. The molecule has 0 aliphatic carbocycles. The fourth-order valence-corrected chi connectivity index (χ4v) is 3.84. The summed E-state index contributed by atoms with van der Waals surface area (Å²) in [5.41, 5.74) is 2.89. The summed E-state index contributed by atoms with van der Waals surface area (Å²) in [5.74, 6) is -0.558. The van der Waals surface area contributed by atoms with Gasteiger partial charge in [-0.3, -0.25) is 9.59 Å². The zero-order chi connectivity index (χ0) is 25.2. The monoisotopic (exact) mass is 487 g/mol. The highest BCUT2D eigenvalue weighted by Crippen LogP contribution is 2.18. The Morgan fingerprint density at radius 2 is 1.44 bits per heavy atom. The molecule has 0 unspecified atom stereocenters. The van der Waals surface area contributed by atoms with Crippen LogP contribution < -0.4 is 16.0 Å². The van der Waals surface area contributed by atoms with Crippen LogP contribution in [0.2, 0.25) is 0 Å². The molecular weight excluding hydrogens is 458 g/mol. The Morgan fingerprint density at radius 1 is 0.833 bits per heavy atom. The predicted molar refractivity (Wildman–Crippen MR) is 136 cm³/mol. The largest absolute Gasteiger partial charge is 0.445 e. The van der Waals surface area contributed by atoms with Crippen LogP contribution in [-0.2, 0) is 32.1 Å². The van der Waals surface area contributed by atoms with Gasteiger partial charge in [0.15, 0.2) is 0 Å². The third kappa shape index (κ3) is 7.41. The summed E-state index contributed by atoms with van der Waals surface area (Å²) in [4.78, 5) is 37.8. The number of nitrogens with one attached hydrogen (secondary N) is 3. The van der Waals surface area contributed by atoms with Crippen molar-refractivity contribution in [3.63, 3.8) is 0 Å². The smallest absolute Gasteiger partial charge is 0.408 e. The molecule has 3 N–H and O–H groups in total. The Labute approximate surface area is 210 Å². The molecule has 186 valence electrons. The van der Waals surface area contributed by atoms with Crippen molar-refractivity contribution < 1.29 is 23.9 Å². The van der Waals surface area contributed by atoms with Crippen molar-refractivity contribution in [2.75, 3.05) is 17.2 Å². The Morgan fingerprint density at radius 3 is 2.06 bits per heavy atom. The molecule has 0 radical (unpaired) electrons. The predicted octanol–water partition coefficient (Wildman–Crippen LogP) is 4.28. The van der Waals surface area contributed by atoms with Crippen LogP contribution in [0.4, 0.5) is 16.2 Å². The molecule has 8 nitrogen and oxygen atoms in total. The summed E-state index contributed by atoms with van der Waals surface area (Å²) < 4.78 is 10.7. The lowest BCUT2D eigenvalue weighted by Gasteiger charge is -2.19. The summed E-state index contributed by atoms with van der Waals surface area (Å²) in [6, 6.07) is 24.7. The number of benzene rings is 3. The third-order valence-electron chi connectivity index (χ3n) is 5.75. The SMILES string of the molecule is O=C(N[C@H](Cc1ccccc1)C(=O)Nc1ccc(NC(=O)[C@H]2CCCO2)cc1)OCc1ccccc1. The number of hydrogen-bond donors (Lipinski definition) is 3. The Kier molecular flexibility index (Phi) is 8.67. The van der Waals surface area contributed by atoms with Crippen LogP contribution in [0.3, 0.4) is 0 Å². The van der Waals surface area contributed by atoms with Crippen LogP contribution in [0, 0.1) is 0 Å². The van der Waals surface area contributed by atoms with Crippen LogP contribution in [-0.4, -0.2) is 36.7 Å². The molecule has 0 saturated carbocycles. The Bertz CT molecular complexity index is 1150. The van der Waals surface area contributed by atoms with E-state index in [4.69, 9.17) is 9.47 Å². The lowest BCUT2D eigenvalue weighted by molar-refractivity contribution is -0.124. The van der Waals surface area contributed by atoms with Gasteiger partial charge >= 0.3 is 6.09 Å². The number of anilines is 2. The van der Waals surface area contributed by atoms with Crippen molar-refractivity contribution >= 4 is 29.3 Å². The van der Waals surface area contributed by atoms with E-state index in [1.165, 1.54) is 0 Å². The van der Waals surface area contributed by atoms with Crippen LogP contribution in [0.25, 0.3) is 0 Å². The fourth-order valence-electron chi connectivity index (χ4n) is 3.84. The third-order valence-corrected chi connectivity index (χ3v) is 5.75. The molecule has 3 amide bonds. The molecule has 0 aromatic heterocycles. The molecule has 3 aromatic carbocycles. The summed E-state index contributed by atoms with van der Waals surface area (Å²) in [7, 11) is 0. The van der Waals surface area contributed by atoms with E-state index in [0.29, 0.717) is 30.8 Å². The van der Waals surface area contributed by atoms with Crippen LogP contribution in [0.1, 0.15) is 24.0 Å². The first kappa shape index (κ1) is 24.9. The second-order valence-corrected chi connectivity index (χ2v) is 8.51. The van der Waals surface area contributed by atoms with Gasteiger partial charge in [-0.25, -0.2) is 4.79 Å². The summed E-state index contributed by atoms with van der Waals surface area (Å²) in [6.45, 7) is 0.701. The quantitative estimate of drug-likeness (QED) is 0.418. The van der Waals surface area contributed by atoms with E-state index in [0.717, 1.165) is 17.5 Å². The number of carbonyl (C=O) groups is 3. The summed E-state index contributed by atoms with van der Waals surface area (Å²) in [5, 5.41) is 8.33. The van der Waals surface area contributed by atoms with Gasteiger partial charge in [-0.2, -0.15) is 0 Å². The van der Waals surface area contributed by atoms with Crippen molar-refractivity contribution in [1.29, 1.82) is 0 Å². The molecule has 8 heteroatoms. The second kappa shape index (κ2) is 12.5. The molecule has 3 aromatic rings. The molecule has 0 bridgehead atoms. The molecule has 0 spiro atoms. The zero-order valence-corrected chi connectivity index (χ0v) is 19.8. The minimum Gasteiger partial charge on any atom is -0.445 e. The Balaban J connectivity index is 1.36. The highest BCUT2D eigenvalue weighted by Gasteiger charge is 2.24. The van der Waals surface area contributed by atoms with Gasteiger partial charge in [0.25, 0.3) is 5.91 Å². The highest BCUT2D eigenvalue weighted by atomic mass is 16.5. The first-order chi connectivity index (χ1) is 17.6. The minimum atomic E-state index is -0.852. The maximum Gasteiger partial charge on any atom is 0.408 e. The van der Waals surface area contributed by atoms with E-state index >= 15 is 0 Å². The normalized spacial score (nSPS) is 15.5. The van der Waals surface area contributed by atoms with Gasteiger partial charge in [0.2, 0.25) is 5.91 Å². The van der Waals surface area contributed by atoms with Crippen molar-refractivity contribution in [2.45, 2.75) is 38.0 Å². The first-order valence-electron chi connectivity index (χ1n) is 11.9. The highest BCUT2D eigenvalue weighted by molar-refractivity contribution is 5.97. The summed E-state index contributed by atoms with van der Waals surface area (Å²) >= 11 is 0. The Hall–Kier alpha value is -4.17.